The van der Waals surface area contributed by atoms with Crippen molar-refractivity contribution in [2.45, 2.75) is 13.3 Å². The normalized spacial score (nSPS) is 15.4. The molecule has 1 aliphatic heterocycles. The Balaban J connectivity index is 1.51. The molecule has 1 fully saturated rings. The summed E-state index contributed by atoms with van der Waals surface area (Å²) in [5.41, 5.74) is 1.85. The number of nitrogens with one attached hydrogen (secondary N) is 2. The maximum absolute atomic E-state index is 14.9. The molecule has 1 aliphatic rings. The number of benzene rings is 3. The molecule has 0 aromatic heterocycles. The highest BCUT2D eigenvalue weighted by atomic mass is 35.5. The van der Waals surface area contributed by atoms with Crippen LogP contribution in [-0.4, -0.2) is 44.7 Å². The monoisotopic (exact) mass is 530 g/mol. The Morgan fingerprint density at radius 2 is 1.75 bits per heavy atom. The van der Waals surface area contributed by atoms with Gasteiger partial charge < -0.3 is 10.6 Å². The van der Waals surface area contributed by atoms with Crippen LogP contribution in [-0.2, 0) is 10.2 Å². The SMILES string of the molecule is Cc1ccc(NC(=O)c2ccc(N3CCCN(C)S3(=O)=O)cc2F)cc1NC(=O)c1cccc(Cl)c1. The summed E-state index contributed by atoms with van der Waals surface area (Å²) in [7, 11) is -2.27. The van der Waals surface area contributed by atoms with Gasteiger partial charge in [-0.05, 0) is 67.4 Å². The summed E-state index contributed by atoms with van der Waals surface area (Å²) >= 11 is 5.96. The number of rotatable bonds is 5. The van der Waals surface area contributed by atoms with E-state index in [2.05, 4.69) is 10.6 Å². The van der Waals surface area contributed by atoms with Gasteiger partial charge in [0.1, 0.15) is 5.82 Å². The third-order valence-electron chi connectivity index (χ3n) is 5.82. The van der Waals surface area contributed by atoms with Crippen LogP contribution in [0.2, 0.25) is 5.02 Å². The van der Waals surface area contributed by atoms with Gasteiger partial charge in [-0.1, -0.05) is 23.7 Å². The fourth-order valence-corrected chi connectivity index (χ4v) is 5.43. The molecule has 0 radical (unpaired) electrons. The molecular formula is C25H24ClFN4O4S. The molecule has 0 unspecified atom stereocenters. The minimum atomic E-state index is -3.74. The second-order valence-electron chi connectivity index (χ2n) is 8.37. The molecule has 1 heterocycles. The molecule has 0 bridgehead atoms. The van der Waals surface area contributed by atoms with E-state index in [1.165, 1.54) is 29.6 Å². The van der Waals surface area contributed by atoms with Crippen molar-refractivity contribution in [3.05, 3.63) is 88.2 Å². The van der Waals surface area contributed by atoms with Crippen molar-refractivity contribution in [1.82, 2.24) is 4.31 Å². The number of aryl methyl sites for hydroxylation is 1. The minimum absolute atomic E-state index is 0.150. The molecular weight excluding hydrogens is 507 g/mol. The number of anilines is 3. The fraction of sp³-hybridized carbons (Fsp3) is 0.200. The summed E-state index contributed by atoms with van der Waals surface area (Å²) < 4.78 is 42.3. The summed E-state index contributed by atoms with van der Waals surface area (Å²) in [6, 6.07) is 15.1. The van der Waals surface area contributed by atoms with Crippen LogP contribution in [0.25, 0.3) is 0 Å². The molecule has 2 N–H and O–H groups in total. The first kappa shape index (κ1) is 25.6. The highest BCUT2D eigenvalue weighted by molar-refractivity contribution is 7.90. The van der Waals surface area contributed by atoms with Gasteiger partial charge in [-0.3, -0.25) is 13.9 Å². The molecule has 0 atom stereocenters. The van der Waals surface area contributed by atoms with Gasteiger partial charge in [0.25, 0.3) is 11.8 Å². The Hall–Kier alpha value is -3.47. The number of hydrogen-bond donors (Lipinski definition) is 2. The smallest absolute Gasteiger partial charge is 0.303 e. The quantitative estimate of drug-likeness (QED) is 0.500. The number of carbonyl (C=O) groups excluding carboxylic acids is 2. The lowest BCUT2D eigenvalue weighted by Gasteiger charge is -2.33. The lowest BCUT2D eigenvalue weighted by molar-refractivity contribution is 0.101. The van der Waals surface area contributed by atoms with Crippen LogP contribution in [0, 0.1) is 12.7 Å². The van der Waals surface area contributed by atoms with E-state index < -0.39 is 21.9 Å². The number of nitrogens with zero attached hydrogens (tertiary/aromatic N) is 2. The average Bonchev–Trinajstić information content (AvgIpc) is 2.82. The second kappa shape index (κ2) is 10.3. The number of carbonyl (C=O) groups is 2. The zero-order chi connectivity index (χ0) is 26.0. The van der Waals surface area contributed by atoms with E-state index in [9.17, 15) is 22.4 Å². The van der Waals surface area contributed by atoms with E-state index in [0.717, 1.165) is 15.9 Å². The predicted molar refractivity (Wildman–Crippen MR) is 138 cm³/mol. The molecule has 1 saturated heterocycles. The Bertz CT molecular complexity index is 1450. The van der Waals surface area contributed by atoms with E-state index in [-0.39, 0.29) is 23.7 Å². The first-order chi connectivity index (χ1) is 17.1. The lowest BCUT2D eigenvalue weighted by atomic mass is 10.1. The highest BCUT2D eigenvalue weighted by Gasteiger charge is 2.31. The van der Waals surface area contributed by atoms with Crippen molar-refractivity contribution in [1.29, 1.82) is 0 Å². The van der Waals surface area contributed by atoms with Gasteiger partial charge in [0.15, 0.2) is 0 Å². The minimum Gasteiger partial charge on any atom is -0.322 e. The Kier molecular flexibility index (Phi) is 7.30. The standard InChI is InChI=1S/C25H24ClFN4O4S/c1-16-7-8-19(14-23(16)29-24(32)17-5-3-6-18(26)13-17)28-25(33)21-10-9-20(15-22(21)27)31-12-4-11-30(2)36(31,34)35/h3,5-10,13-15H,4,11-12H2,1-2H3,(H,28,33)(H,29,32). The van der Waals surface area contributed by atoms with E-state index in [1.54, 1.807) is 43.3 Å². The third kappa shape index (κ3) is 5.35. The first-order valence-electron chi connectivity index (χ1n) is 11.1. The van der Waals surface area contributed by atoms with Crippen LogP contribution in [0.15, 0.2) is 60.7 Å². The molecule has 3 aromatic carbocycles. The molecule has 11 heteroatoms. The van der Waals surface area contributed by atoms with Gasteiger partial charge in [0, 0.05) is 42.1 Å². The molecule has 3 aromatic rings. The van der Waals surface area contributed by atoms with Crippen LogP contribution < -0.4 is 14.9 Å². The molecule has 8 nitrogen and oxygen atoms in total. The van der Waals surface area contributed by atoms with Crippen molar-refractivity contribution in [3.8, 4) is 0 Å². The van der Waals surface area contributed by atoms with Crippen molar-refractivity contribution in [2.24, 2.45) is 0 Å². The maximum atomic E-state index is 14.9. The summed E-state index contributed by atoms with van der Waals surface area (Å²) in [6.07, 6.45) is 0.600. The van der Waals surface area contributed by atoms with E-state index in [1.807, 2.05) is 0 Å². The number of amides is 2. The number of hydrogen-bond acceptors (Lipinski definition) is 4. The van der Waals surface area contributed by atoms with Gasteiger partial charge in [0.05, 0.1) is 11.3 Å². The lowest BCUT2D eigenvalue weighted by Crippen LogP contribution is -2.48. The summed E-state index contributed by atoms with van der Waals surface area (Å²) in [4.78, 5) is 25.4. The fourth-order valence-electron chi connectivity index (χ4n) is 3.80. The van der Waals surface area contributed by atoms with Crippen molar-refractivity contribution in [3.63, 3.8) is 0 Å². The van der Waals surface area contributed by atoms with Gasteiger partial charge in [0.2, 0.25) is 0 Å². The molecule has 4 rings (SSSR count). The topological polar surface area (TPSA) is 98.8 Å². The van der Waals surface area contributed by atoms with E-state index in [4.69, 9.17) is 11.6 Å². The van der Waals surface area contributed by atoms with Crippen molar-refractivity contribution in [2.75, 3.05) is 35.1 Å². The van der Waals surface area contributed by atoms with Crippen LogP contribution >= 0.6 is 11.6 Å². The van der Waals surface area contributed by atoms with Crippen LogP contribution in [0.1, 0.15) is 32.7 Å². The van der Waals surface area contributed by atoms with Crippen LogP contribution in [0.3, 0.4) is 0 Å². The average molecular weight is 531 g/mol. The first-order valence-corrected chi connectivity index (χ1v) is 12.9. The van der Waals surface area contributed by atoms with Crippen molar-refractivity contribution >= 4 is 50.7 Å². The third-order valence-corrected chi connectivity index (χ3v) is 7.98. The summed E-state index contributed by atoms with van der Waals surface area (Å²) in [5.74, 6) is -1.94. The van der Waals surface area contributed by atoms with Gasteiger partial charge >= 0.3 is 10.2 Å². The van der Waals surface area contributed by atoms with Crippen LogP contribution in [0.4, 0.5) is 21.5 Å². The Morgan fingerprint density at radius 3 is 2.47 bits per heavy atom. The van der Waals surface area contributed by atoms with E-state index in [0.29, 0.717) is 34.9 Å². The number of halogens is 2. The molecule has 0 spiro atoms. The van der Waals surface area contributed by atoms with Gasteiger partial charge in [-0.25, -0.2) is 4.39 Å². The predicted octanol–water partition coefficient (Wildman–Crippen LogP) is 4.68. The zero-order valence-electron chi connectivity index (χ0n) is 19.6. The Labute approximate surface area is 213 Å². The maximum Gasteiger partial charge on any atom is 0.303 e. The molecule has 36 heavy (non-hydrogen) atoms. The van der Waals surface area contributed by atoms with E-state index >= 15 is 0 Å². The molecule has 0 aliphatic carbocycles. The molecule has 188 valence electrons. The largest absolute Gasteiger partial charge is 0.322 e. The van der Waals surface area contributed by atoms with Crippen molar-refractivity contribution < 1.29 is 22.4 Å². The second-order valence-corrected chi connectivity index (χ2v) is 10.8. The summed E-state index contributed by atoms with van der Waals surface area (Å²) in [6.45, 7) is 2.41. The van der Waals surface area contributed by atoms with Gasteiger partial charge in [-0.2, -0.15) is 12.7 Å². The zero-order valence-corrected chi connectivity index (χ0v) is 21.2. The molecule has 2 amide bonds. The summed E-state index contributed by atoms with van der Waals surface area (Å²) in [5, 5.41) is 5.83. The molecule has 0 saturated carbocycles. The van der Waals surface area contributed by atoms with Crippen LogP contribution in [0.5, 0.6) is 0 Å². The van der Waals surface area contributed by atoms with Gasteiger partial charge in [-0.15, -0.1) is 0 Å². The highest BCUT2D eigenvalue weighted by Crippen LogP contribution is 2.27. The Morgan fingerprint density at radius 1 is 0.972 bits per heavy atom.